The van der Waals surface area contributed by atoms with Gasteiger partial charge >= 0.3 is 0 Å². The van der Waals surface area contributed by atoms with Gasteiger partial charge in [-0.3, -0.25) is 9.78 Å². The van der Waals surface area contributed by atoms with Gasteiger partial charge in [0.2, 0.25) is 5.91 Å². The minimum absolute atomic E-state index is 0.0287. The molecule has 0 radical (unpaired) electrons. The van der Waals surface area contributed by atoms with Crippen molar-refractivity contribution in [3.05, 3.63) is 63.9 Å². The molecule has 0 unspecified atom stereocenters. The second kappa shape index (κ2) is 6.90. The van der Waals surface area contributed by atoms with Crippen LogP contribution in [0.1, 0.15) is 37.1 Å². The van der Waals surface area contributed by atoms with Gasteiger partial charge in [0.25, 0.3) is 0 Å². The van der Waals surface area contributed by atoms with E-state index in [1.54, 1.807) is 18.3 Å². The quantitative estimate of drug-likeness (QED) is 0.785. The number of hydrogen-bond donors (Lipinski definition) is 0. The molecule has 1 heterocycles. The first-order chi connectivity index (χ1) is 11.1. The summed E-state index contributed by atoms with van der Waals surface area (Å²) in [7, 11) is 0. The Labute approximate surface area is 146 Å². The Morgan fingerprint density at radius 3 is 2.65 bits per heavy atom. The Balaban J connectivity index is 1.78. The predicted octanol–water partition coefficient (Wildman–Crippen LogP) is 4.68. The minimum atomic E-state index is -0.0287. The van der Waals surface area contributed by atoms with Gasteiger partial charge < -0.3 is 4.90 Å². The summed E-state index contributed by atoms with van der Waals surface area (Å²) in [6.07, 6.45) is 4.21. The minimum Gasteiger partial charge on any atom is -0.331 e. The summed E-state index contributed by atoms with van der Waals surface area (Å²) in [5, 5.41) is 0.983. The molecule has 0 bridgehead atoms. The van der Waals surface area contributed by atoms with Crippen molar-refractivity contribution >= 4 is 29.1 Å². The summed E-state index contributed by atoms with van der Waals surface area (Å²) < 4.78 is 0. The van der Waals surface area contributed by atoms with Crippen LogP contribution in [0.15, 0.2) is 42.6 Å². The van der Waals surface area contributed by atoms with E-state index in [0.29, 0.717) is 22.5 Å². The summed E-state index contributed by atoms with van der Waals surface area (Å²) in [4.78, 5) is 19.2. The fourth-order valence-electron chi connectivity index (χ4n) is 2.77. The first-order valence-corrected chi connectivity index (χ1v) is 8.48. The van der Waals surface area contributed by atoms with Crippen LogP contribution in [0.4, 0.5) is 0 Å². The Kier molecular flexibility index (Phi) is 4.88. The molecule has 0 N–H and O–H groups in total. The molecule has 0 saturated heterocycles. The van der Waals surface area contributed by atoms with Gasteiger partial charge in [-0.25, -0.2) is 0 Å². The molecule has 1 aromatic heterocycles. The highest BCUT2D eigenvalue weighted by molar-refractivity contribution is 6.42. The summed E-state index contributed by atoms with van der Waals surface area (Å²) >= 11 is 12.0. The first kappa shape index (κ1) is 16.3. The Morgan fingerprint density at radius 2 is 2.04 bits per heavy atom. The van der Waals surface area contributed by atoms with Crippen LogP contribution < -0.4 is 0 Å². The number of nitrogens with zero attached hydrogens (tertiary/aromatic N) is 2. The van der Waals surface area contributed by atoms with Crippen molar-refractivity contribution in [2.24, 2.45) is 0 Å². The van der Waals surface area contributed by atoms with Crippen LogP contribution in [0.25, 0.3) is 0 Å². The maximum atomic E-state index is 12.8. The van der Waals surface area contributed by atoms with Crippen molar-refractivity contribution in [3.8, 4) is 0 Å². The summed E-state index contributed by atoms with van der Waals surface area (Å²) in [6.45, 7) is 2.04. The van der Waals surface area contributed by atoms with Crippen LogP contribution in [0.5, 0.6) is 0 Å². The number of aromatic nitrogens is 1. The molecular formula is C18H18Cl2N2O. The van der Waals surface area contributed by atoms with Gasteiger partial charge in [0.05, 0.1) is 28.2 Å². The number of amides is 1. The predicted molar refractivity (Wildman–Crippen MR) is 92.7 cm³/mol. The molecule has 3 nitrogen and oxygen atoms in total. The molecule has 2 aromatic rings. The molecule has 5 heteroatoms. The normalized spacial score (nSPS) is 15.3. The smallest absolute Gasteiger partial charge is 0.227 e. The van der Waals surface area contributed by atoms with E-state index in [-0.39, 0.29) is 11.9 Å². The van der Waals surface area contributed by atoms with Gasteiger partial charge in [0, 0.05) is 12.2 Å². The van der Waals surface area contributed by atoms with Gasteiger partial charge in [0.15, 0.2) is 0 Å². The third-order valence-electron chi connectivity index (χ3n) is 4.10. The largest absolute Gasteiger partial charge is 0.331 e. The average molecular weight is 349 g/mol. The van der Waals surface area contributed by atoms with Gasteiger partial charge in [-0.15, -0.1) is 0 Å². The standard InChI is InChI=1S/C18H18Cl2N2O/c1-12(17-4-2-3-9-21-17)22(14-6-7-14)18(23)11-13-5-8-15(19)16(20)10-13/h2-5,8-10,12,14H,6-7,11H2,1H3/t12-/m1/s1. The fourth-order valence-corrected chi connectivity index (χ4v) is 3.09. The Bertz CT molecular complexity index is 701. The lowest BCUT2D eigenvalue weighted by molar-refractivity contribution is -0.133. The molecule has 23 heavy (non-hydrogen) atoms. The number of carbonyl (C=O) groups excluding carboxylic acids is 1. The highest BCUT2D eigenvalue weighted by atomic mass is 35.5. The molecule has 1 aromatic carbocycles. The zero-order valence-corrected chi connectivity index (χ0v) is 14.4. The number of carbonyl (C=O) groups is 1. The maximum Gasteiger partial charge on any atom is 0.227 e. The topological polar surface area (TPSA) is 33.2 Å². The van der Waals surface area contributed by atoms with Crippen molar-refractivity contribution in [3.63, 3.8) is 0 Å². The Hall–Kier alpha value is -1.58. The van der Waals surface area contributed by atoms with Crippen LogP contribution in [0, 0.1) is 0 Å². The fraction of sp³-hybridized carbons (Fsp3) is 0.333. The third kappa shape index (κ3) is 3.85. The van der Waals surface area contributed by atoms with Crippen molar-refractivity contribution in [2.75, 3.05) is 0 Å². The second-order valence-corrected chi connectivity index (χ2v) is 6.70. The van der Waals surface area contributed by atoms with E-state index < -0.39 is 0 Å². The van der Waals surface area contributed by atoms with E-state index >= 15 is 0 Å². The lowest BCUT2D eigenvalue weighted by Gasteiger charge is -2.29. The number of halogens is 2. The van der Waals surface area contributed by atoms with E-state index in [0.717, 1.165) is 24.1 Å². The summed E-state index contributed by atoms with van der Waals surface area (Å²) in [6, 6.07) is 11.4. The van der Waals surface area contributed by atoms with Crippen LogP contribution in [0.3, 0.4) is 0 Å². The van der Waals surface area contributed by atoms with Crippen molar-refractivity contribution in [1.29, 1.82) is 0 Å². The lowest BCUT2D eigenvalue weighted by Crippen LogP contribution is -2.37. The van der Waals surface area contributed by atoms with Gasteiger partial charge in [-0.05, 0) is 49.6 Å². The molecule has 3 rings (SSSR count). The van der Waals surface area contributed by atoms with E-state index in [2.05, 4.69) is 4.98 Å². The number of hydrogen-bond acceptors (Lipinski definition) is 2. The van der Waals surface area contributed by atoms with Crippen LogP contribution >= 0.6 is 23.2 Å². The van der Waals surface area contributed by atoms with E-state index in [1.807, 2.05) is 36.1 Å². The van der Waals surface area contributed by atoms with E-state index in [4.69, 9.17) is 23.2 Å². The highest BCUT2D eigenvalue weighted by Crippen LogP contribution is 2.34. The molecule has 1 aliphatic carbocycles. The van der Waals surface area contributed by atoms with Crippen molar-refractivity contribution < 1.29 is 4.79 Å². The molecule has 1 fully saturated rings. The lowest BCUT2D eigenvalue weighted by atomic mass is 10.1. The zero-order chi connectivity index (χ0) is 16.4. The van der Waals surface area contributed by atoms with Crippen LogP contribution in [0.2, 0.25) is 10.0 Å². The highest BCUT2D eigenvalue weighted by Gasteiger charge is 2.36. The van der Waals surface area contributed by atoms with E-state index in [1.165, 1.54) is 0 Å². The average Bonchev–Trinajstić information content (AvgIpc) is 3.37. The summed E-state index contributed by atoms with van der Waals surface area (Å²) in [5.41, 5.74) is 1.80. The zero-order valence-electron chi connectivity index (χ0n) is 12.9. The van der Waals surface area contributed by atoms with Crippen molar-refractivity contribution in [2.45, 2.75) is 38.3 Å². The first-order valence-electron chi connectivity index (χ1n) is 7.72. The molecule has 1 amide bonds. The third-order valence-corrected chi connectivity index (χ3v) is 4.84. The number of benzene rings is 1. The number of rotatable bonds is 5. The van der Waals surface area contributed by atoms with Crippen LogP contribution in [-0.4, -0.2) is 21.8 Å². The van der Waals surface area contributed by atoms with Gasteiger partial charge in [-0.1, -0.05) is 35.3 Å². The molecular weight excluding hydrogens is 331 g/mol. The molecule has 0 aliphatic heterocycles. The molecule has 0 spiro atoms. The van der Waals surface area contributed by atoms with E-state index in [9.17, 15) is 4.79 Å². The molecule has 1 atom stereocenters. The molecule has 1 saturated carbocycles. The van der Waals surface area contributed by atoms with Crippen molar-refractivity contribution in [1.82, 2.24) is 9.88 Å². The summed E-state index contributed by atoms with van der Waals surface area (Å²) in [5.74, 6) is 0.101. The molecule has 120 valence electrons. The Morgan fingerprint density at radius 1 is 1.26 bits per heavy atom. The van der Waals surface area contributed by atoms with Gasteiger partial charge in [-0.2, -0.15) is 0 Å². The maximum absolute atomic E-state index is 12.8. The SMILES string of the molecule is C[C@H](c1ccccn1)N(C(=O)Cc1ccc(Cl)c(Cl)c1)C1CC1. The molecule has 1 aliphatic rings. The number of pyridine rings is 1. The second-order valence-electron chi connectivity index (χ2n) is 5.89. The van der Waals surface area contributed by atoms with Gasteiger partial charge in [0.1, 0.15) is 0 Å². The van der Waals surface area contributed by atoms with Crippen LogP contribution in [-0.2, 0) is 11.2 Å². The monoisotopic (exact) mass is 348 g/mol.